The summed E-state index contributed by atoms with van der Waals surface area (Å²) < 4.78 is 50.6. The molecule has 3 aromatic carbocycles. The highest BCUT2D eigenvalue weighted by atomic mass is 79.9. The molecule has 2 N–H and O–H groups in total. The van der Waals surface area contributed by atoms with E-state index in [1.165, 1.54) is 41.9 Å². The Labute approximate surface area is 235 Å². The molecule has 0 aliphatic heterocycles. The molecule has 4 aromatic rings. The minimum atomic E-state index is -4.85. The lowest BCUT2D eigenvalue weighted by molar-refractivity contribution is -0.139. The Bertz CT molecular complexity index is 1710. The van der Waals surface area contributed by atoms with Crippen molar-refractivity contribution in [2.45, 2.75) is 45.0 Å². The summed E-state index contributed by atoms with van der Waals surface area (Å²) in [5.41, 5.74) is -2.60. The maximum Gasteiger partial charge on any atom is 0.417 e. The third-order valence-corrected chi connectivity index (χ3v) is 6.83. The highest BCUT2D eigenvalue weighted by Crippen LogP contribution is 2.42. The summed E-state index contributed by atoms with van der Waals surface area (Å²) in [4.78, 5) is 37.7. The largest absolute Gasteiger partial charge is 0.480 e. The number of carbonyl (C=O) groups excluding carboxylic acids is 1. The smallest absolute Gasteiger partial charge is 0.417 e. The zero-order valence-corrected chi connectivity index (χ0v) is 23.6. The van der Waals surface area contributed by atoms with Crippen molar-refractivity contribution < 1.29 is 32.6 Å². The fraction of sp³-hybridized carbons (Fsp3) is 0.276. The molecule has 1 heterocycles. The van der Waals surface area contributed by atoms with Crippen LogP contribution in [0.3, 0.4) is 0 Å². The predicted molar refractivity (Wildman–Crippen MR) is 149 cm³/mol. The van der Waals surface area contributed by atoms with Gasteiger partial charge < -0.3 is 19.7 Å². The number of ether oxygens (including phenoxy) is 1. The molecule has 1 aromatic heterocycles. The van der Waals surface area contributed by atoms with Gasteiger partial charge in [0, 0.05) is 23.3 Å². The van der Waals surface area contributed by atoms with Crippen LogP contribution in [0.25, 0.3) is 32.8 Å². The van der Waals surface area contributed by atoms with Crippen LogP contribution in [-0.2, 0) is 29.2 Å². The van der Waals surface area contributed by atoms with Gasteiger partial charge in [0.1, 0.15) is 11.6 Å². The molecule has 0 spiro atoms. The second-order valence-electron chi connectivity index (χ2n) is 10.3. The summed E-state index contributed by atoms with van der Waals surface area (Å²) in [5, 5.41) is 12.7. The van der Waals surface area contributed by atoms with Crippen LogP contribution < -0.4 is 10.9 Å². The van der Waals surface area contributed by atoms with E-state index >= 15 is 0 Å². The van der Waals surface area contributed by atoms with E-state index in [9.17, 15) is 32.7 Å². The molecular weight excluding hydrogens is 593 g/mol. The average molecular weight is 619 g/mol. The third kappa shape index (κ3) is 5.84. The van der Waals surface area contributed by atoms with Crippen LogP contribution in [0.5, 0.6) is 0 Å². The van der Waals surface area contributed by atoms with E-state index < -0.39 is 46.6 Å². The molecule has 0 saturated carbocycles. The van der Waals surface area contributed by atoms with Gasteiger partial charge in [0.15, 0.2) is 0 Å². The van der Waals surface area contributed by atoms with Crippen molar-refractivity contribution in [3.8, 4) is 11.1 Å². The standard InChI is InChI=1S/C29H26BrF3N2O5/c1-28(2,3)40-27(39)34-21(26(37)38)13-15-7-5-9-18-17(15)8-6-10-19(18)23-24(29(31,32)33)20-12-11-16(30)14-22(20)35(4)25(23)36/h5-12,14,21H,13H2,1-4H3,(H,34,39)(H,37,38)/t21-/m0/s1. The maximum atomic E-state index is 14.6. The zero-order chi connectivity index (χ0) is 29.6. The van der Waals surface area contributed by atoms with Gasteiger partial charge in [-0.3, -0.25) is 4.79 Å². The minimum absolute atomic E-state index is 0.0593. The number of nitrogens with one attached hydrogen (secondary N) is 1. The maximum absolute atomic E-state index is 14.6. The molecule has 11 heteroatoms. The summed E-state index contributed by atoms with van der Waals surface area (Å²) in [5.74, 6) is -1.31. The predicted octanol–water partition coefficient (Wildman–Crippen LogP) is 6.66. The average Bonchev–Trinajstić information content (AvgIpc) is 2.84. The number of benzene rings is 3. The number of alkyl carbamates (subject to hydrolysis) is 1. The molecule has 0 unspecified atom stereocenters. The number of aryl methyl sites for hydroxylation is 1. The van der Waals surface area contributed by atoms with Gasteiger partial charge in [-0.2, -0.15) is 13.2 Å². The Balaban J connectivity index is 1.91. The summed E-state index contributed by atoms with van der Waals surface area (Å²) in [6, 6.07) is 12.3. The second-order valence-corrected chi connectivity index (χ2v) is 11.2. The first kappa shape index (κ1) is 29.1. The number of aliphatic carboxylic acids is 1. The number of carboxylic acid groups (broad SMARTS) is 1. The molecule has 0 bridgehead atoms. The van der Waals surface area contributed by atoms with Gasteiger partial charge in [-0.1, -0.05) is 58.4 Å². The van der Waals surface area contributed by atoms with E-state index in [1.54, 1.807) is 45.0 Å². The molecule has 40 heavy (non-hydrogen) atoms. The van der Waals surface area contributed by atoms with Crippen molar-refractivity contribution >= 4 is 49.7 Å². The number of hydrogen-bond acceptors (Lipinski definition) is 4. The number of carbonyl (C=O) groups is 2. The minimum Gasteiger partial charge on any atom is -0.480 e. The number of halogens is 4. The van der Waals surface area contributed by atoms with Crippen molar-refractivity contribution in [1.29, 1.82) is 0 Å². The van der Waals surface area contributed by atoms with E-state index in [0.29, 0.717) is 20.8 Å². The number of rotatable bonds is 5. The molecule has 1 amide bonds. The monoisotopic (exact) mass is 618 g/mol. The molecule has 7 nitrogen and oxygen atoms in total. The molecule has 0 aliphatic rings. The lowest BCUT2D eigenvalue weighted by Gasteiger charge is -2.22. The molecule has 0 radical (unpaired) electrons. The third-order valence-electron chi connectivity index (χ3n) is 6.34. The normalized spacial score (nSPS) is 12.9. The number of aromatic nitrogens is 1. The quantitative estimate of drug-likeness (QED) is 0.261. The highest BCUT2D eigenvalue weighted by Gasteiger charge is 2.38. The van der Waals surface area contributed by atoms with Crippen LogP contribution in [0.2, 0.25) is 0 Å². The van der Waals surface area contributed by atoms with E-state index in [2.05, 4.69) is 21.2 Å². The second kappa shape index (κ2) is 10.6. The number of amides is 1. The number of carboxylic acids is 1. The van der Waals surface area contributed by atoms with Crippen molar-refractivity contribution in [2.24, 2.45) is 7.05 Å². The zero-order valence-electron chi connectivity index (χ0n) is 22.0. The number of fused-ring (bicyclic) bond motifs is 2. The van der Waals surface area contributed by atoms with Crippen LogP contribution in [0.15, 0.2) is 63.9 Å². The summed E-state index contributed by atoms with van der Waals surface area (Å²) in [7, 11) is 1.41. The van der Waals surface area contributed by atoms with Crippen molar-refractivity contribution in [1.82, 2.24) is 9.88 Å². The number of pyridine rings is 1. The van der Waals surface area contributed by atoms with Gasteiger partial charge in [-0.25, -0.2) is 9.59 Å². The van der Waals surface area contributed by atoms with Gasteiger partial charge in [0.05, 0.1) is 16.6 Å². The van der Waals surface area contributed by atoms with Crippen molar-refractivity contribution in [3.05, 3.63) is 80.6 Å². The highest BCUT2D eigenvalue weighted by molar-refractivity contribution is 9.10. The Hall–Kier alpha value is -3.86. The van der Waals surface area contributed by atoms with E-state index in [0.717, 1.165) is 0 Å². The number of alkyl halides is 3. The Morgan fingerprint density at radius 2 is 1.68 bits per heavy atom. The van der Waals surface area contributed by atoms with Gasteiger partial charge in [-0.15, -0.1) is 0 Å². The van der Waals surface area contributed by atoms with Gasteiger partial charge in [-0.05, 0) is 54.8 Å². The molecule has 210 valence electrons. The number of nitrogens with zero attached hydrogens (tertiary/aromatic N) is 1. The SMILES string of the molecule is Cn1c(=O)c(-c2cccc3c(C[C@H](NC(=O)OC(C)(C)C)C(=O)O)cccc23)c(C(F)(F)F)c2ccc(Br)cc21. The topological polar surface area (TPSA) is 97.6 Å². The molecule has 4 rings (SSSR count). The first-order chi connectivity index (χ1) is 18.6. The lowest BCUT2D eigenvalue weighted by atomic mass is 9.90. The van der Waals surface area contributed by atoms with Crippen molar-refractivity contribution in [3.63, 3.8) is 0 Å². The summed E-state index contributed by atoms with van der Waals surface area (Å²) >= 11 is 3.26. The lowest BCUT2D eigenvalue weighted by Crippen LogP contribution is -2.44. The Kier molecular flexibility index (Phi) is 7.72. The van der Waals surface area contributed by atoms with Gasteiger partial charge in [0.25, 0.3) is 5.56 Å². The van der Waals surface area contributed by atoms with Crippen LogP contribution in [0.1, 0.15) is 31.9 Å². The van der Waals surface area contributed by atoms with Gasteiger partial charge >= 0.3 is 18.2 Å². The van der Waals surface area contributed by atoms with Crippen molar-refractivity contribution in [2.75, 3.05) is 0 Å². The van der Waals surface area contributed by atoms with Crippen LogP contribution in [0, 0.1) is 0 Å². The summed E-state index contributed by atoms with van der Waals surface area (Å²) in [6.45, 7) is 4.92. The molecule has 0 aliphatic carbocycles. The molecule has 0 saturated heterocycles. The van der Waals surface area contributed by atoms with E-state index in [1.807, 2.05) is 0 Å². The summed E-state index contributed by atoms with van der Waals surface area (Å²) in [6.07, 6.45) is -5.94. The molecule has 1 atom stereocenters. The first-order valence-corrected chi connectivity index (χ1v) is 13.0. The van der Waals surface area contributed by atoms with Crippen LogP contribution in [0.4, 0.5) is 18.0 Å². The van der Waals surface area contributed by atoms with E-state index in [-0.39, 0.29) is 22.9 Å². The molecule has 0 fully saturated rings. The van der Waals surface area contributed by atoms with Crippen LogP contribution in [-0.4, -0.2) is 33.4 Å². The fourth-order valence-corrected chi connectivity index (χ4v) is 5.05. The van der Waals surface area contributed by atoms with Gasteiger partial charge in [0.2, 0.25) is 0 Å². The van der Waals surface area contributed by atoms with Crippen LogP contribution >= 0.6 is 15.9 Å². The van der Waals surface area contributed by atoms with E-state index in [4.69, 9.17) is 4.74 Å². The first-order valence-electron chi connectivity index (χ1n) is 12.2. The Morgan fingerprint density at radius 3 is 2.30 bits per heavy atom. The number of hydrogen-bond donors (Lipinski definition) is 2. The Morgan fingerprint density at radius 1 is 1.02 bits per heavy atom. The fourth-order valence-electron chi connectivity index (χ4n) is 4.70. The molecular formula is C29H26BrF3N2O5.